The van der Waals surface area contributed by atoms with Crippen molar-refractivity contribution in [1.82, 2.24) is 10.2 Å². The Bertz CT molecular complexity index is 1070. The number of carbonyl (C=O) groups is 4. The van der Waals surface area contributed by atoms with Crippen LogP contribution in [0, 0.1) is 0 Å². The first-order chi connectivity index (χ1) is 15.2. The number of carboxylic acids is 2. The van der Waals surface area contributed by atoms with Crippen molar-refractivity contribution in [1.29, 1.82) is 0 Å². The number of carbonyl (C=O) groups excluding carboxylic acids is 2. The second kappa shape index (κ2) is 10.0. The van der Waals surface area contributed by atoms with Crippen LogP contribution in [-0.4, -0.2) is 57.5 Å². The topological polar surface area (TPSA) is 124 Å². The van der Waals surface area contributed by atoms with E-state index in [0.717, 1.165) is 11.1 Å². The minimum Gasteiger partial charge on any atom is -0.481 e. The van der Waals surface area contributed by atoms with Gasteiger partial charge in [0.15, 0.2) is 0 Å². The quantitative estimate of drug-likeness (QED) is 0.560. The Balaban J connectivity index is 1.79. The van der Waals surface area contributed by atoms with E-state index < -0.39 is 36.4 Å². The monoisotopic (exact) mass is 478 g/mol. The van der Waals surface area contributed by atoms with Crippen molar-refractivity contribution < 1.29 is 29.4 Å². The molecule has 2 amide bonds. The molecule has 0 bridgehead atoms. The van der Waals surface area contributed by atoms with E-state index in [0.29, 0.717) is 35.0 Å². The minimum absolute atomic E-state index is 0.324. The first-order valence-corrected chi connectivity index (χ1v) is 10.5. The lowest BCUT2D eigenvalue weighted by Gasteiger charge is -2.25. The number of carboxylic acid groups (broad SMARTS) is 2. The first kappa shape index (κ1) is 23.6. The van der Waals surface area contributed by atoms with Crippen LogP contribution in [0.2, 0.25) is 10.0 Å². The maximum Gasteiger partial charge on any atom is 0.326 e. The van der Waals surface area contributed by atoms with Gasteiger partial charge in [0.1, 0.15) is 12.1 Å². The van der Waals surface area contributed by atoms with Gasteiger partial charge in [-0.25, -0.2) is 4.79 Å². The summed E-state index contributed by atoms with van der Waals surface area (Å²) < 4.78 is 0. The van der Waals surface area contributed by atoms with E-state index in [1.807, 2.05) is 6.07 Å². The maximum absolute atomic E-state index is 13.2. The first-order valence-electron chi connectivity index (χ1n) is 9.79. The highest BCUT2D eigenvalue weighted by atomic mass is 35.5. The number of nitrogens with zero attached hydrogens (tertiary/aromatic N) is 1. The second-order valence-electron chi connectivity index (χ2n) is 7.36. The zero-order valence-electron chi connectivity index (χ0n) is 16.8. The summed E-state index contributed by atoms with van der Waals surface area (Å²) >= 11 is 12.1. The van der Waals surface area contributed by atoms with E-state index >= 15 is 0 Å². The van der Waals surface area contributed by atoms with E-state index in [-0.39, 0.29) is 5.91 Å². The molecule has 10 heteroatoms. The maximum atomic E-state index is 13.2. The van der Waals surface area contributed by atoms with Gasteiger partial charge in [0.2, 0.25) is 5.91 Å². The number of hydrogen-bond acceptors (Lipinski definition) is 4. The third kappa shape index (κ3) is 5.38. The fourth-order valence-corrected chi connectivity index (χ4v) is 3.90. The Morgan fingerprint density at radius 3 is 2.41 bits per heavy atom. The molecule has 0 radical (unpaired) electrons. The van der Waals surface area contributed by atoms with Crippen LogP contribution >= 0.6 is 23.2 Å². The van der Waals surface area contributed by atoms with Crippen LogP contribution in [0.15, 0.2) is 42.5 Å². The summed E-state index contributed by atoms with van der Waals surface area (Å²) in [5, 5.41) is 21.1. The molecule has 0 saturated carbocycles. The molecule has 1 aliphatic rings. The molecule has 1 heterocycles. The molecule has 2 aromatic rings. The summed E-state index contributed by atoms with van der Waals surface area (Å²) in [5.41, 5.74) is 1.86. The second-order valence-corrected chi connectivity index (χ2v) is 8.18. The average molecular weight is 479 g/mol. The van der Waals surface area contributed by atoms with Gasteiger partial charge in [-0.1, -0.05) is 41.4 Å². The largest absolute Gasteiger partial charge is 0.481 e. The Morgan fingerprint density at radius 1 is 1.03 bits per heavy atom. The van der Waals surface area contributed by atoms with Crippen LogP contribution in [-0.2, 0) is 14.4 Å². The van der Waals surface area contributed by atoms with E-state index in [9.17, 15) is 19.2 Å². The van der Waals surface area contributed by atoms with Crippen molar-refractivity contribution >= 4 is 47.0 Å². The minimum atomic E-state index is -1.57. The molecule has 0 aromatic heterocycles. The van der Waals surface area contributed by atoms with Gasteiger partial charge in [-0.15, -0.1) is 0 Å². The fraction of sp³-hybridized carbons (Fsp3) is 0.273. The molecule has 1 aliphatic heterocycles. The molecule has 3 N–H and O–H groups in total. The van der Waals surface area contributed by atoms with E-state index in [2.05, 4.69) is 5.32 Å². The van der Waals surface area contributed by atoms with E-state index in [1.54, 1.807) is 36.4 Å². The van der Waals surface area contributed by atoms with Crippen LogP contribution in [0.3, 0.4) is 0 Å². The zero-order chi connectivity index (χ0) is 23.4. The van der Waals surface area contributed by atoms with Crippen LogP contribution < -0.4 is 5.32 Å². The molecule has 0 aliphatic carbocycles. The van der Waals surface area contributed by atoms with Gasteiger partial charge in [0, 0.05) is 12.1 Å². The number of aliphatic carboxylic acids is 2. The molecule has 0 spiro atoms. The van der Waals surface area contributed by atoms with Gasteiger partial charge in [0.05, 0.1) is 16.5 Å². The normalized spacial score (nSPS) is 16.4. The van der Waals surface area contributed by atoms with Crippen LogP contribution in [0.5, 0.6) is 0 Å². The summed E-state index contributed by atoms with van der Waals surface area (Å²) in [4.78, 5) is 49.3. The van der Waals surface area contributed by atoms with Crippen molar-refractivity contribution in [3.05, 3.63) is 58.1 Å². The Morgan fingerprint density at radius 2 is 1.75 bits per heavy atom. The average Bonchev–Trinajstić information content (AvgIpc) is 3.24. The Labute approximate surface area is 193 Å². The lowest BCUT2D eigenvalue weighted by Crippen LogP contribution is -2.51. The third-order valence-electron chi connectivity index (χ3n) is 5.17. The number of amides is 2. The van der Waals surface area contributed by atoms with Gasteiger partial charge in [-0.3, -0.25) is 14.4 Å². The standard InChI is InChI=1S/C22H20Cl2N2O6/c23-15-7-6-13(10-16(15)24)12-3-1-4-14(9-12)21(30)26-8-2-5-18(26)20(29)25-17(22(31)32)11-19(27)28/h1,3-4,6-7,9-10,17-18H,2,5,8,11H2,(H,25,29)(H,27,28)(H,31,32)/t17-,18-/m0/s1. The van der Waals surface area contributed by atoms with Crippen LogP contribution in [0.25, 0.3) is 11.1 Å². The van der Waals surface area contributed by atoms with Gasteiger partial charge >= 0.3 is 11.9 Å². The summed E-state index contributed by atoms with van der Waals surface area (Å²) in [5.74, 6) is -3.87. The molecule has 2 aromatic carbocycles. The van der Waals surface area contributed by atoms with Crippen molar-refractivity contribution in [3.8, 4) is 11.1 Å². The van der Waals surface area contributed by atoms with Gasteiger partial charge in [-0.2, -0.15) is 0 Å². The molecule has 8 nitrogen and oxygen atoms in total. The smallest absolute Gasteiger partial charge is 0.326 e. The molecule has 2 atom stereocenters. The molecular weight excluding hydrogens is 459 g/mol. The highest BCUT2D eigenvalue weighted by Gasteiger charge is 2.36. The van der Waals surface area contributed by atoms with E-state index in [1.165, 1.54) is 4.90 Å². The molecule has 168 valence electrons. The van der Waals surface area contributed by atoms with Crippen molar-refractivity contribution in [2.24, 2.45) is 0 Å². The summed E-state index contributed by atoms with van der Waals surface area (Å²) in [6, 6.07) is 9.50. The van der Waals surface area contributed by atoms with Crippen LogP contribution in [0.4, 0.5) is 0 Å². The number of benzene rings is 2. The Kier molecular flexibility index (Phi) is 7.37. The number of halogens is 2. The molecule has 3 rings (SSSR count). The predicted octanol–water partition coefficient (Wildman–Crippen LogP) is 3.31. The number of rotatable bonds is 7. The van der Waals surface area contributed by atoms with Crippen molar-refractivity contribution in [2.75, 3.05) is 6.54 Å². The summed E-state index contributed by atoms with van der Waals surface area (Å²) in [6.07, 6.45) is 0.157. The van der Waals surface area contributed by atoms with Crippen molar-refractivity contribution in [2.45, 2.75) is 31.3 Å². The number of likely N-dealkylation sites (tertiary alicyclic amines) is 1. The van der Waals surface area contributed by atoms with Crippen LogP contribution in [0.1, 0.15) is 29.6 Å². The zero-order valence-corrected chi connectivity index (χ0v) is 18.3. The molecule has 0 unspecified atom stereocenters. The SMILES string of the molecule is O=C(O)C[C@H](NC(=O)[C@@H]1CCCN1C(=O)c1cccc(-c2ccc(Cl)c(Cl)c2)c1)C(=O)O. The molecule has 1 fully saturated rings. The summed E-state index contributed by atoms with van der Waals surface area (Å²) in [6.45, 7) is 0.324. The van der Waals surface area contributed by atoms with Crippen molar-refractivity contribution in [3.63, 3.8) is 0 Å². The molecule has 1 saturated heterocycles. The lowest BCUT2D eigenvalue weighted by molar-refractivity contribution is -0.147. The highest BCUT2D eigenvalue weighted by Crippen LogP contribution is 2.29. The fourth-order valence-electron chi connectivity index (χ4n) is 3.60. The summed E-state index contributed by atoms with van der Waals surface area (Å²) in [7, 11) is 0. The molecular formula is C22H20Cl2N2O6. The lowest BCUT2D eigenvalue weighted by atomic mass is 10.0. The number of hydrogen-bond donors (Lipinski definition) is 3. The predicted molar refractivity (Wildman–Crippen MR) is 118 cm³/mol. The third-order valence-corrected chi connectivity index (χ3v) is 5.91. The molecule has 32 heavy (non-hydrogen) atoms. The van der Waals surface area contributed by atoms with E-state index in [4.69, 9.17) is 33.4 Å². The number of nitrogens with one attached hydrogen (secondary N) is 1. The Hall–Kier alpha value is -3.10. The van der Waals surface area contributed by atoms with Gasteiger partial charge in [0.25, 0.3) is 5.91 Å². The van der Waals surface area contributed by atoms with Gasteiger partial charge < -0.3 is 20.4 Å². The highest BCUT2D eigenvalue weighted by molar-refractivity contribution is 6.42. The van der Waals surface area contributed by atoms with Gasteiger partial charge in [-0.05, 0) is 48.2 Å².